The molecule has 2 aromatic carbocycles. The number of nitrogens with zero attached hydrogens (tertiary/aromatic N) is 1. The summed E-state index contributed by atoms with van der Waals surface area (Å²) in [6, 6.07) is 9.12. The van der Waals surface area contributed by atoms with Gasteiger partial charge in [-0.15, -0.1) is 0 Å². The number of rotatable bonds is 8. The van der Waals surface area contributed by atoms with Crippen molar-refractivity contribution in [2.75, 3.05) is 12.4 Å². The summed E-state index contributed by atoms with van der Waals surface area (Å²) in [5.41, 5.74) is 1.20. The Hall–Kier alpha value is -2.86. The summed E-state index contributed by atoms with van der Waals surface area (Å²) in [7, 11) is -2.97. The smallest absolute Gasteiger partial charge is 0.412 e. The van der Waals surface area contributed by atoms with E-state index in [1.807, 2.05) is 0 Å². The number of nitrogens with one attached hydrogen (secondary N) is 2. The fourth-order valence-corrected chi connectivity index (χ4v) is 4.74. The summed E-state index contributed by atoms with van der Waals surface area (Å²) in [5, 5.41) is 11.9. The first-order valence-electron chi connectivity index (χ1n) is 10.2. The predicted octanol–water partition coefficient (Wildman–Crippen LogP) is 3.78. The fourth-order valence-electron chi connectivity index (χ4n) is 2.94. The minimum absolute atomic E-state index is 0.0507. The minimum Gasteiger partial charge on any atom is -0.495 e. The molecule has 3 N–H and O–H groups in total. The number of carbonyl (C=O) groups excluding carboxylic acids is 2. The van der Waals surface area contributed by atoms with E-state index >= 15 is 0 Å². The molecule has 10 nitrogen and oxygen atoms in total. The van der Waals surface area contributed by atoms with E-state index in [2.05, 4.69) is 5.32 Å². The van der Waals surface area contributed by atoms with Crippen LogP contribution in [0.2, 0.25) is 5.02 Å². The Labute approximate surface area is 203 Å². The van der Waals surface area contributed by atoms with E-state index < -0.39 is 33.7 Å². The highest BCUT2D eigenvalue weighted by molar-refractivity contribution is 7.89. The second kappa shape index (κ2) is 11.0. The Balaban J connectivity index is 2.52. The van der Waals surface area contributed by atoms with Crippen LogP contribution < -0.4 is 15.5 Å². The fraction of sp³-hybridized carbons (Fsp3) is 0.364. The van der Waals surface area contributed by atoms with E-state index in [0.717, 1.165) is 4.31 Å². The third-order valence-corrected chi connectivity index (χ3v) is 6.90. The highest BCUT2D eigenvalue weighted by Gasteiger charge is 2.34. The molecular weight excluding hydrogens is 486 g/mol. The highest BCUT2D eigenvalue weighted by atomic mass is 35.5. The average Bonchev–Trinajstić information content (AvgIpc) is 2.76. The van der Waals surface area contributed by atoms with E-state index in [1.54, 1.807) is 45.0 Å². The number of benzene rings is 2. The van der Waals surface area contributed by atoms with Gasteiger partial charge in [0.2, 0.25) is 10.0 Å². The molecule has 1 unspecified atom stereocenters. The lowest BCUT2D eigenvalue weighted by Gasteiger charge is -2.28. The number of sulfonamides is 1. The van der Waals surface area contributed by atoms with Crippen LogP contribution in [0.1, 0.15) is 33.3 Å². The van der Waals surface area contributed by atoms with Crippen molar-refractivity contribution in [1.82, 2.24) is 9.79 Å². The van der Waals surface area contributed by atoms with Crippen LogP contribution in [0.4, 0.5) is 10.5 Å². The predicted molar refractivity (Wildman–Crippen MR) is 126 cm³/mol. The normalized spacial score (nSPS) is 12.7. The first kappa shape index (κ1) is 27.4. The molecular formula is C22H28ClN3O7S. The molecule has 0 saturated heterocycles. The summed E-state index contributed by atoms with van der Waals surface area (Å²) >= 11 is 6.21. The van der Waals surface area contributed by atoms with Gasteiger partial charge in [-0.05, 0) is 57.5 Å². The molecule has 0 bridgehead atoms. The number of ether oxygens (including phenoxy) is 2. The Morgan fingerprint density at radius 3 is 2.38 bits per heavy atom. The maximum absolute atomic E-state index is 13.6. The maximum atomic E-state index is 13.6. The number of anilines is 1. The van der Waals surface area contributed by atoms with E-state index in [9.17, 15) is 18.0 Å². The Kier molecular flexibility index (Phi) is 8.89. The molecule has 0 aliphatic heterocycles. The van der Waals surface area contributed by atoms with Crippen LogP contribution >= 0.6 is 11.6 Å². The van der Waals surface area contributed by atoms with E-state index in [4.69, 9.17) is 26.3 Å². The molecule has 12 heteroatoms. The van der Waals surface area contributed by atoms with Crippen LogP contribution in [0.5, 0.6) is 5.75 Å². The molecule has 2 rings (SSSR count). The van der Waals surface area contributed by atoms with Crippen LogP contribution in [0, 0.1) is 0 Å². The van der Waals surface area contributed by atoms with Gasteiger partial charge in [0.25, 0.3) is 5.91 Å². The summed E-state index contributed by atoms with van der Waals surface area (Å²) in [5.74, 6) is -0.736. The number of amides is 2. The largest absolute Gasteiger partial charge is 0.495 e. The van der Waals surface area contributed by atoms with Crippen LogP contribution in [-0.4, -0.2) is 48.7 Å². The number of carbonyl (C=O) groups is 2. The molecule has 0 aliphatic carbocycles. The van der Waals surface area contributed by atoms with Crippen molar-refractivity contribution in [3.05, 3.63) is 53.1 Å². The first-order valence-corrected chi connectivity index (χ1v) is 12.0. The monoisotopic (exact) mass is 513 g/mol. The SMILES string of the molecule is COc1ccc(S(=O)(=O)N(Cc2ccccc2Cl)C(C)C(=O)NO)cc1NC(=O)OC(C)(C)C. The number of halogens is 1. The van der Waals surface area contributed by atoms with Crippen molar-refractivity contribution in [3.8, 4) is 5.75 Å². The molecule has 186 valence electrons. The molecule has 1 atom stereocenters. The summed E-state index contributed by atoms with van der Waals surface area (Å²) in [6.45, 7) is 6.13. The van der Waals surface area contributed by atoms with Crippen LogP contribution in [0.3, 0.4) is 0 Å². The Bertz CT molecular complexity index is 1150. The molecule has 0 spiro atoms. The molecule has 0 saturated carbocycles. The van der Waals surface area contributed by atoms with Crippen molar-refractivity contribution in [3.63, 3.8) is 0 Å². The van der Waals surface area contributed by atoms with Gasteiger partial charge in [0, 0.05) is 11.6 Å². The zero-order valence-corrected chi connectivity index (χ0v) is 21.0. The van der Waals surface area contributed by atoms with Crippen molar-refractivity contribution in [2.45, 2.75) is 50.8 Å². The van der Waals surface area contributed by atoms with E-state index in [1.165, 1.54) is 37.7 Å². The third-order valence-electron chi connectivity index (χ3n) is 4.62. The first-order chi connectivity index (χ1) is 15.8. The zero-order valence-electron chi connectivity index (χ0n) is 19.5. The maximum Gasteiger partial charge on any atom is 0.412 e. The molecule has 0 aliphatic rings. The molecule has 0 aromatic heterocycles. The standard InChI is InChI=1S/C22H28ClN3O7S/c1-14(20(27)25-29)26(13-15-8-6-7-9-17(15)23)34(30,31)16-10-11-19(32-5)18(12-16)24-21(28)33-22(2,3)4/h6-12,14,29H,13H2,1-5H3,(H,24,28)(H,25,27). The molecule has 2 amide bonds. The topological polar surface area (TPSA) is 134 Å². The van der Waals surface area contributed by atoms with Crippen LogP contribution in [-0.2, 0) is 26.1 Å². The van der Waals surface area contributed by atoms with Crippen molar-refractivity contribution in [2.24, 2.45) is 0 Å². The van der Waals surface area contributed by atoms with Gasteiger partial charge in [-0.3, -0.25) is 15.3 Å². The zero-order chi connectivity index (χ0) is 25.7. The Morgan fingerprint density at radius 2 is 1.82 bits per heavy atom. The minimum atomic E-state index is -4.33. The van der Waals surface area contributed by atoms with Crippen molar-refractivity contribution in [1.29, 1.82) is 0 Å². The molecule has 0 heterocycles. The molecule has 0 radical (unpaired) electrons. The van der Waals surface area contributed by atoms with Gasteiger partial charge < -0.3 is 9.47 Å². The second-order valence-corrected chi connectivity index (χ2v) is 10.6. The summed E-state index contributed by atoms with van der Waals surface area (Å²) in [6.07, 6.45) is -0.804. The van der Waals surface area contributed by atoms with Gasteiger partial charge in [-0.25, -0.2) is 18.7 Å². The lowest BCUT2D eigenvalue weighted by molar-refractivity contribution is -0.132. The average molecular weight is 514 g/mol. The lowest BCUT2D eigenvalue weighted by atomic mass is 10.2. The van der Waals surface area contributed by atoms with Gasteiger partial charge in [-0.2, -0.15) is 4.31 Å². The molecule has 0 fully saturated rings. The van der Waals surface area contributed by atoms with Crippen LogP contribution in [0.25, 0.3) is 0 Å². The van der Waals surface area contributed by atoms with Gasteiger partial charge >= 0.3 is 6.09 Å². The van der Waals surface area contributed by atoms with Gasteiger partial charge in [0.05, 0.1) is 17.7 Å². The van der Waals surface area contributed by atoms with E-state index in [-0.39, 0.29) is 22.9 Å². The molecule has 34 heavy (non-hydrogen) atoms. The third kappa shape index (κ3) is 6.83. The summed E-state index contributed by atoms with van der Waals surface area (Å²) < 4.78 is 38.6. The van der Waals surface area contributed by atoms with Crippen LogP contribution in [0.15, 0.2) is 47.4 Å². The number of hydroxylamine groups is 1. The number of hydrogen-bond acceptors (Lipinski definition) is 7. The number of hydrogen-bond donors (Lipinski definition) is 3. The lowest BCUT2D eigenvalue weighted by Crippen LogP contribution is -2.46. The highest BCUT2D eigenvalue weighted by Crippen LogP contribution is 2.31. The van der Waals surface area contributed by atoms with Gasteiger partial charge in [0.1, 0.15) is 17.4 Å². The second-order valence-electron chi connectivity index (χ2n) is 8.28. The van der Waals surface area contributed by atoms with Crippen molar-refractivity contribution < 1.29 is 32.7 Å². The molecule has 2 aromatic rings. The van der Waals surface area contributed by atoms with Crippen molar-refractivity contribution >= 4 is 39.3 Å². The quantitative estimate of drug-likeness (QED) is 0.361. The summed E-state index contributed by atoms with van der Waals surface area (Å²) in [4.78, 5) is 24.2. The van der Waals surface area contributed by atoms with E-state index in [0.29, 0.717) is 10.6 Å². The van der Waals surface area contributed by atoms with Gasteiger partial charge in [-0.1, -0.05) is 29.8 Å². The number of methoxy groups -OCH3 is 1. The Morgan fingerprint density at radius 1 is 1.18 bits per heavy atom. The van der Waals surface area contributed by atoms with Gasteiger partial charge in [0.15, 0.2) is 0 Å².